The molecule has 9 nitrogen and oxygen atoms in total. The second kappa shape index (κ2) is 5.66. The van der Waals surface area contributed by atoms with Crippen LogP contribution in [0.1, 0.15) is 21.9 Å². The topological polar surface area (TPSA) is 130 Å². The number of carboxylic acids is 1. The van der Waals surface area contributed by atoms with E-state index in [1.165, 1.54) is 6.92 Å². The normalized spacial score (nSPS) is 11.7. The van der Waals surface area contributed by atoms with Crippen molar-refractivity contribution in [1.82, 2.24) is 24.7 Å². The Kier molecular flexibility index (Phi) is 4.09. The average molecular weight is 313 g/mol. The Balaban J connectivity index is 2.14. The van der Waals surface area contributed by atoms with E-state index in [2.05, 4.69) is 20.0 Å². The van der Waals surface area contributed by atoms with Gasteiger partial charge in [-0.25, -0.2) is 17.9 Å². The van der Waals surface area contributed by atoms with E-state index in [1.807, 2.05) is 0 Å². The maximum absolute atomic E-state index is 12.2. The van der Waals surface area contributed by atoms with Gasteiger partial charge in [0.25, 0.3) is 0 Å². The predicted molar refractivity (Wildman–Crippen MR) is 72.4 cm³/mol. The first kappa shape index (κ1) is 15.2. The highest BCUT2D eigenvalue weighted by molar-refractivity contribution is 7.89. The number of hydrogen-bond donors (Lipinski definition) is 3. The van der Waals surface area contributed by atoms with Crippen LogP contribution in [0.25, 0.3) is 0 Å². The molecule has 0 atom stereocenters. The number of aromatic amines is 1. The lowest BCUT2D eigenvalue weighted by molar-refractivity contribution is 0.0686. The van der Waals surface area contributed by atoms with E-state index < -0.39 is 21.7 Å². The van der Waals surface area contributed by atoms with Crippen molar-refractivity contribution in [2.45, 2.75) is 18.2 Å². The third-order valence-corrected chi connectivity index (χ3v) is 4.58. The molecule has 2 aromatic rings. The van der Waals surface area contributed by atoms with E-state index in [4.69, 9.17) is 5.11 Å². The summed E-state index contributed by atoms with van der Waals surface area (Å²) in [5, 5.41) is 18.8. The van der Waals surface area contributed by atoms with Crippen molar-refractivity contribution in [2.75, 3.05) is 6.54 Å². The van der Waals surface area contributed by atoms with Gasteiger partial charge in [0.2, 0.25) is 10.0 Å². The van der Waals surface area contributed by atoms with Crippen molar-refractivity contribution in [1.29, 1.82) is 0 Å². The lowest BCUT2D eigenvalue weighted by Gasteiger charge is -2.07. The number of rotatable bonds is 6. The van der Waals surface area contributed by atoms with Crippen LogP contribution in [0, 0.1) is 6.92 Å². The molecule has 114 valence electrons. The third-order valence-electron chi connectivity index (χ3n) is 2.96. The minimum Gasteiger partial charge on any atom is -0.476 e. The van der Waals surface area contributed by atoms with Crippen LogP contribution in [0.4, 0.5) is 0 Å². The molecule has 0 aromatic carbocycles. The largest absolute Gasteiger partial charge is 0.476 e. The molecule has 0 saturated heterocycles. The zero-order valence-electron chi connectivity index (χ0n) is 11.5. The van der Waals surface area contributed by atoms with Crippen LogP contribution in [0.3, 0.4) is 0 Å². The number of sulfonamides is 1. The first-order valence-electron chi connectivity index (χ1n) is 6.07. The molecule has 0 aliphatic rings. The Morgan fingerprint density at radius 2 is 2.24 bits per heavy atom. The molecule has 0 saturated carbocycles. The first-order chi connectivity index (χ1) is 9.83. The molecular formula is C11H15N5O4S. The van der Waals surface area contributed by atoms with E-state index in [0.29, 0.717) is 6.42 Å². The number of aryl methyl sites for hydroxylation is 2. The van der Waals surface area contributed by atoms with Crippen LogP contribution in [0.2, 0.25) is 0 Å². The molecule has 0 radical (unpaired) electrons. The number of nitrogens with zero attached hydrogens (tertiary/aromatic N) is 3. The summed E-state index contributed by atoms with van der Waals surface area (Å²) in [4.78, 5) is 10.7. The van der Waals surface area contributed by atoms with Crippen molar-refractivity contribution < 1.29 is 18.3 Å². The number of aromatic nitrogens is 4. The van der Waals surface area contributed by atoms with Gasteiger partial charge in [-0.15, -0.1) is 0 Å². The van der Waals surface area contributed by atoms with Gasteiger partial charge in [-0.2, -0.15) is 10.2 Å². The van der Waals surface area contributed by atoms with E-state index >= 15 is 0 Å². The zero-order chi connectivity index (χ0) is 15.6. The molecule has 0 fully saturated rings. The summed E-state index contributed by atoms with van der Waals surface area (Å²) in [6.45, 7) is 1.58. The van der Waals surface area contributed by atoms with Crippen LogP contribution < -0.4 is 4.72 Å². The van der Waals surface area contributed by atoms with Gasteiger partial charge in [0, 0.05) is 31.9 Å². The predicted octanol–water partition coefficient (Wildman–Crippen LogP) is -0.329. The van der Waals surface area contributed by atoms with E-state index in [0.717, 1.165) is 5.69 Å². The van der Waals surface area contributed by atoms with Crippen LogP contribution in [-0.2, 0) is 23.5 Å². The number of carbonyl (C=O) groups is 1. The molecule has 2 aromatic heterocycles. The standard InChI is InChI=1S/C11H15N5O4S/c1-7-10(9(11(17)18)15-14-7)21(19,20)13-6-4-8-3-5-12-16(8)2/h3,5,13H,4,6H2,1-2H3,(H,14,15)(H,17,18). The zero-order valence-corrected chi connectivity index (χ0v) is 12.3. The van der Waals surface area contributed by atoms with Gasteiger partial charge in [-0.1, -0.05) is 0 Å². The molecular weight excluding hydrogens is 298 g/mol. The Bertz CT molecular complexity index is 761. The molecule has 21 heavy (non-hydrogen) atoms. The molecule has 0 bridgehead atoms. The van der Waals surface area contributed by atoms with Gasteiger partial charge < -0.3 is 5.11 Å². The monoisotopic (exact) mass is 313 g/mol. The van der Waals surface area contributed by atoms with Gasteiger partial charge >= 0.3 is 5.97 Å². The number of nitrogens with one attached hydrogen (secondary N) is 2. The fourth-order valence-corrected chi connectivity index (χ4v) is 3.28. The molecule has 0 aliphatic carbocycles. The molecule has 0 aliphatic heterocycles. The summed E-state index contributed by atoms with van der Waals surface area (Å²) in [6.07, 6.45) is 2.06. The van der Waals surface area contributed by atoms with E-state index in [-0.39, 0.29) is 17.1 Å². The highest BCUT2D eigenvalue weighted by Gasteiger charge is 2.27. The molecule has 0 amide bonds. The summed E-state index contributed by atoms with van der Waals surface area (Å²) in [6, 6.07) is 1.78. The lowest BCUT2D eigenvalue weighted by Crippen LogP contribution is -2.28. The quantitative estimate of drug-likeness (QED) is 0.669. The van der Waals surface area contributed by atoms with Crippen molar-refractivity contribution in [2.24, 2.45) is 7.05 Å². The van der Waals surface area contributed by atoms with Crippen LogP contribution in [0.15, 0.2) is 17.2 Å². The molecule has 10 heteroatoms. The van der Waals surface area contributed by atoms with E-state index in [1.54, 1.807) is 24.0 Å². The molecule has 2 heterocycles. The van der Waals surface area contributed by atoms with Crippen molar-refractivity contribution in [3.63, 3.8) is 0 Å². The Morgan fingerprint density at radius 3 is 2.81 bits per heavy atom. The number of aromatic carboxylic acids is 1. The Labute approximate surface area is 121 Å². The first-order valence-corrected chi connectivity index (χ1v) is 7.56. The van der Waals surface area contributed by atoms with Crippen molar-refractivity contribution in [3.8, 4) is 0 Å². The second-order valence-corrected chi connectivity index (χ2v) is 6.13. The maximum Gasteiger partial charge on any atom is 0.357 e. The van der Waals surface area contributed by atoms with Crippen LogP contribution in [0.5, 0.6) is 0 Å². The number of carboxylic acid groups (broad SMARTS) is 1. The lowest BCUT2D eigenvalue weighted by atomic mass is 10.3. The van der Waals surface area contributed by atoms with Gasteiger partial charge in [0.15, 0.2) is 5.69 Å². The summed E-state index contributed by atoms with van der Waals surface area (Å²) in [5.41, 5.74) is 0.529. The minimum atomic E-state index is -3.94. The minimum absolute atomic E-state index is 0.131. The molecule has 3 N–H and O–H groups in total. The fraction of sp³-hybridized carbons (Fsp3) is 0.364. The van der Waals surface area contributed by atoms with Crippen molar-refractivity contribution in [3.05, 3.63) is 29.3 Å². The van der Waals surface area contributed by atoms with Crippen LogP contribution >= 0.6 is 0 Å². The highest BCUT2D eigenvalue weighted by Crippen LogP contribution is 2.17. The summed E-state index contributed by atoms with van der Waals surface area (Å²) < 4.78 is 28.4. The number of H-pyrrole nitrogens is 1. The summed E-state index contributed by atoms with van der Waals surface area (Å²) in [7, 11) is -2.19. The van der Waals surface area contributed by atoms with E-state index in [9.17, 15) is 13.2 Å². The second-order valence-electron chi connectivity index (χ2n) is 4.43. The van der Waals surface area contributed by atoms with Gasteiger partial charge in [0.05, 0.1) is 5.69 Å². The average Bonchev–Trinajstić information content (AvgIpc) is 2.96. The van der Waals surface area contributed by atoms with Crippen LogP contribution in [-0.4, -0.2) is 46.0 Å². The molecule has 2 rings (SSSR count). The SMILES string of the molecule is Cc1[nH]nc(C(=O)O)c1S(=O)(=O)NCCc1ccnn1C. The highest BCUT2D eigenvalue weighted by atomic mass is 32.2. The third kappa shape index (κ3) is 3.11. The smallest absolute Gasteiger partial charge is 0.357 e. The summed E-state index contributed by atoms with van der Waals surface area (Å²) >= 11 is 0. The fourth-order valence-electron chi connectivity index (χ4n) is 1.92. The maximum atomic E-state index is 12.2. The Hall–Kier alpha value is -2.20. The van der Waals surface area contributed by atoms with Crippen molar-refractivity contribution >= 4 is 16.0 Å². The van der Waals surface area contributed by atoms with Gasteiger partial charge in [0.1, 0.15) is 4.90 Å². The Morgan fingerprint density at radius 1 is 1.52 bits per heavy atom. The van der Waals surface area contributed by atoms with Gasteiger partial charge in [-0.05, 0) is 13.0 Å². The molecule has 0 unspecified atom stereocenters. The summed E-state index contributed by atoms with van der Waals surface area (Å²) in [5.74, 6) is -1.40. The van der Waals surface area contributed by atoms with Gasteiger partial charge in [-0.3, -0.25) is 9.78 Å². The number of hydrogen-bond acceptors (Lipinski definition) is 5. The molecule has 0 spiro atoms.